The predicted molar refractivity (Wildman–Crippen MR) is 121 cm³/mol. The average Bonchev–Trinajstić information content (AvgIpc) is 2.73. The summed E-state index contributed by atoms with van der Waals surface area (Å²) in [7, 11) is 0. The molecule has 1 heterocycles. The van der Waals surface area contributed by atoms with Gasteiger partial charge in [-0.15, -0.1) is 0 Å². The first-order valence-electron chi connectivity index (χ1n) is 10.4. The van der Waals surface area contributed by atoms with Crippen LogP contribution >= 0.6 is 0 Å². The molecule has 0 spiro atoms. The van der Waals surface area contributed by atoms with Gasteiger partial charge in [0.1, 0.15) is 5.69 Å². The highest BCUT2D eigenvalue weighted by atomic mass is 16.2. The molecule has 4 heteroatoms. The second-order valence-electron chi connectivity index (χ2n) is 8.35. The van der Waals surface area contributed by atoms with Gasteiger partial charge in [0.05, 0.1) is 5.56 Å². The van der Waals surface area contributed by atoms with Crippen LogP contribution in [-0.2, 0) is 0 Å². The highest BCUT2D eigenvalue weighted by Crippen LogP contribution is 2.30. The molecule has 0 saturated carbocycles. The number of hydrogen-bond acceptors (Lipinski definition) is 4. The lowest BCUT2D eigenvalue weighted by atomic mass is 9.94. The Morgan fingerprint density at radius 3 is 2.03 bits per heavy atom. The Hall–Kier alpha value is -2.88. The van der Waals surface area contributed by atoms with Crippen LogP contribution in [0, 0.1) is 13.8 Å². The second-order valence-corrected chi connectivity index (χ2v) is 8.35. The summed E-state index contributed by atoms with van der Waals surface area (Å²) in [5, 5.41) is 0. The van der Waals surface area contributed by atoms with E-state index in [-0.39, 0.29) is 10.9 Å². The summed E-state index contributed by atoms with van der Waals surface area (Å²) < 4.78 is 0. The molecule has 1 fully saturated rings. The highest BCUT2D eigenvalue weighted by molar-refractivity contribution is 5.83. The lowest BCUT2D eigenvalue weighted by Gasteiger charge is -2.39. The van der Waals surface area contributed by atoms with Crippen LogP contribution in [0.3, 0.4) is 0 Å². The van der Waals surface area contributed by atoms with Crippen molar-refractivity contribution in [2.24, 2.45) is 0 Å². The van der Waals surface area contributed by atoms with E-state index >= 15 is 0 Å². The summed E-state index contributed by atoms with van der Waals surface area (Å²) in [6, 6.07) is 14.5. The van der Waals surface area contributed by atoms with E-state index in [1.807, 2.05) is 12.1 Å². The molecule has 0 N–H and O–H groups in total. The van der Waals surface area contributed by atoms with Crippen molar-refractivity contribution in [2.45, 2.75) is 33.6 Å². The van der Waals surface area contributed by atoms with Crippen LogP contribution in [-0.4, -0.2) is 26.2 Å². The molecule has 0 aromatic heterocycles. The monoisotopic (exact) mass is 388 g/mol. The van der Waals surface area contributed by atoms with E-state index < -0.39 is 0 Å². The van der Waals surface area contributed by atoms with Crippen molar-refractivity contribution in [3.05, 3.63) is 79.6 Å². The number of piperazine rings is 1. The number of benzene rings is 2. The first-order chi connectivity index (χ1) is 13.9. The summed E-state index contributed by atoms with van der Waals surface area (Å²) >= 11 is 0. The third kappa shape index (κ3) is 3.37. The molecule has 1 aliphatic heterocycles. The zero-order valence-electron chi connectivity index (χ0n) is 17.7. The van der Waals surface area contributed by atoms with Crippen LogP contribution in [0.2, 0.25) is 0 Å². The van der Waals surface area contributed by atoms with Gasteiger partial charge in [-0.05, 0) is 48.1 Å². The topological polar surface area (TPSA) is 40.6 Å². The Labute approximate surface area is 172 Å². The average molecular weight is 389 g/mol. The van der Waals surface area contributed by atoms with Crippen LogP contribution < -0.4 is 20.7 Å². The molecule has 4 nitrogen and oxygen atoms in total. The number of nitrogens with zero attached hydrogens (tertiary/aromatic N) is 2. The minimum absolute atomic E-state index is 0.340. The van der Waals surface area contributed by atoms with Crippen molar-refractivity contribution in [3.8, 4) is 11.1 Å². The van der Waals surface area contributed by atoms with Crippen LogP contribution in [0.25, 0.3) is 11.1 Å². The molecule has 0 aliphatic carbocycles. The fourth-order valence-electron chi connectivity index (χ4n) is 4.23. The molecule has 0 unspecified atom stereocenters. The fourth-order valence-corrected chi connectivity index (χ4v) is 4.23. The van der Waals surface area contributed by atoms with E-state index in [2.05, 4.69) is 67.8 Å². The Balaban J connectivity index is 1.55. The van der Waals surface area contributed by atoms with E-state index in [9.17, 15) is 9.59 Å². The third-order valence-corrected chi connectivity index (χ3v) is 6.26. The highest BCUT2D eigenvalue weighted by Gasteiger charge is 2.29. The number of hydrogen-bond donors (Lipinski definition) is 0. The Kier molecular flexibility index (Phi) is 5.03. The van der Waals surface area contributed by atoms with E-state index in [4.69, 9.17) is 0 Å². The molecule has 0 radical (unpaired) electrons. The SMILES string of the molecule is Cc1cccc(N2CCN(c3c(-c4ccc(C(C)C)cc4)c(=O)c3=O)CC2)c1C. The van der Waals surface area contributed by atoms with Gasteiger partial charge in [0, 0.05) is 31.9 Å². The molecule has 150 valence electrons. The van der Waals surface area contributed by atoms with Gasteiger partial charge in [0.15, 0.2) is 0 Å². The lowest BCUT2D eigenvalue weighted by Crippen LogP contribution is -2.51. The first-order valence-corrected chi connectivity index (χ1v) is 10.4. The van der Waals surface area contributed by atoms with Crippen LogP contribution in [0.1, 0.15) is 36.5 Å². The molecule has 3 aromatic rings. The molecule has 4 rings (SSSR count). The largest absolute Gasteiger partial charge is 0.368 e. The molecule has 0 bridgehead atoms. The first kappa shape index (κ1) is 19.4. The molecule has 1 aliphatic rings. The molecule has 3 aromatic carbocycles. The van der Waals surface area contributed by atoms with Gasteiger partial charge in [0.2, 0.25) is 10.9 Å². The van der Waals surface area contributed by atoms with Gasteiger partial charge in [-0.25, -0.2) is 0 Å². The van der Waals surface area contributed by atoms with Crippen LogP contribution in [0.4, 0.5) is 11.4 Å². The molecular formula is C25H28N2O2. The normalized spacial score (nSPS) is 14.8. The van der Waals surface area contributed by atoms with Crippen molar-refractivity contribution >= 4 is 11.4 Å². The van der Waals surface area contributed by atoms with Crippen molar-refractivity contribution in [2.75, 3.05) is 36.0 Å². The summed E-state index contributed by atoms with van der Waals surface area (Å²) in [5.74, 6) is 0.439. The molecule has 0 amide bonds. The van der Waals surface area contributed by atoms with Gasteiger partial charge in [-0.1, -0.05) is 50.2 Å². The van der Waals surface area contributed by atoms with Gasteiger partial charge in [-0.2, -0.15) is 0 Å². The van der Waals surface area contributed by atoms with Gasteiger partial charge >= 0.3 is 0 Å². The maximum Gasteiger partial charge on any atom is 0.250 e. The van der Waals surface area contributed by atoms with Crippen molar-refractivity contribution in [3.63, 3.8) is 0 Å². The zero-order chi connectivity index (χ0) is 20.7. The quantitative estimate of drug-likeness (QED) is 0.633. The van der Waals surface area contributed by atoms with E-state index in [1.165, 1.54) is 22.4 Å². The van der Waals surface area contributed by atoms with Crippen molar-refractivity contribution < 1.29 is 0 Å². The van der Waals surface area contributed by atoms with Gasteiger partial charge in [-0.3, -0.25) is 9.59 Å². The fraction of sp³-hybridized carbons (Fsp3) is 0.360. The Morgan fingerprint density at radius 1 is 0.793 bits per heavy atom. The molecule has 29 heavy (non-hydrogen) atoms. The maximum atomic E-state index is 12.4. The molecule has 1 saturated heterocycles. The number of aryl methyl sites for hydroxylation is 1. The third-order valence-electron chi connectivity index (χ3n) is 6.26. The van der Waals surface area contributed by atoms with E-state index in [1.54, 1.807) is 0 Å². The number of anilines is 2. The van der Waals surface area contributed by atoms with Gasteiger partial charge in [0.25, 0.3) is 0 Å². The summed E-state index contributed by atoms with van der Waals surface area (Å²) in [6.07, 6.45) is 0. The summed E-state index contributed by atoms with van der Waals surface area (Å²) in [4.78, 5) is 29.2. The van der Waals surface area contributed by atoms with Gasteiger partial charge < -0.3 is 9.80 Å². The summed E-state index contributed by atoms with van der Waals surface area (Å²) in [6.45, 7) is 11.8. The van der Waals surface area contributed by atoms with Crippen molar-refractivity contribution in [1.82, 2.24) is 0 Å². The van der Waals surface area contributed by atoms with Crippen LogP contribution in [0.15, 0.2) is 52.1 Å². The zero-order valence-corrected chi connectivity index (χ0v) is 17.7. The minimum atomic E-state index is -0.353. The van der Waals surface area contributed by atoms with Crippen LogP contribution in [0.5, 0.6) is 0 Å². The van der Waals surface area contributed by atoms with Crippen molar-refractivity contribution in [1.29, 1.82) is 0 Å². The smallest absolute Gasteiger partial charge is 0.250 e. The summed E-state index contributed by atoms with van der Waals surface area (Å²) in [5.41, 5.74) is 6.45. The molecule has 0 atom stereocenters. The predicted octanol–water partition coefficient (Wildman–Crippen LogP) is 4.02. The maximum absolute atomic E-state index is 12.4. The van der Waals surface area contributed by atoms with E-state index in [0.29, 0.717) is 17.2 Å². The molecular weight excluding hydrogens is 360 g/mol. The second kappa shape index (κ2) is 7.51. The minimum Gasteiger partial charge on any atom is -0.368 e. The standard InChI is InChI=1S/C25H28N2O2/c1-16(2)19-8-10-20(11-9-19)22-23(25(29)24(22)28)27-14-12-26(13-15-27)21-7-5-6-17(3)18(21)4/h5-11,16H,12-15H2,1-4H3. The lowest BCUT2D eigenvalue weighted by molar-refractivity contribution is 0.649. The van der Waals surface area contributed by atoms with E-state index in [0.717, 1.165) is 31.7 Å². The Bertz CT molecular complexity index is 1100. The Morgan fingerprint density at radius 2 is 1.41 bits per heavy atom. The number of rotatable bonds is 4.